The van der Waals surface area contributed by atoms with E-state index in [0.29, 0.717) is 6.42 Å². The van der Waals surface area contributed by atoms with Crippen LogP contribution in [0, 0.1) is 0 Å². The maximum Gasteiger partial charge on any atom is 0.136 e. The van der Waals surface area contributed by atoms with Crippen LogP contribution in [0.4, 0.5) is 0 Å². The van der Waals surface area contributed by atoms with Crippen LogP contribution in [0.1, 0.15) is 30.0 Å². The number of halogens is 1. The SMILES string of the molecule is COc1c(CC(C)=O)cc2c(c1Br)CCC2. The second-order valence-electron chi connectivity index (χ2n) is 4.25. The second-order valence-corrected chi connectivity index (χ2v) is 5.05. The molecule has 0 atom stereocenters. The van der Waals surface area contributed by atoms with Crippen molar-refractivity contribution in [1.82, 2.24) is 0 Å². The normalized spacial score (nSPS) is 13.7. The third-order valence-corrected chi connectivity index (χ3v) is 3.85. The van der Waals surface area contributed by atoms with E-state index in [0.717, 1.165) is 28.6 Å². The molecule has 0 unspecified atom stereocenters. The number of carbonyl (C=O) groups is 1. The topological polar surface area (TPSA) is 26.3 Å². The van der Waals surface area contributed by atoms with Crippen molar-refractivity contribution in [3.8, 4) is 5.75 Å². The molecule has 0 amide bonds. The first-order valence-corrected chi connectivity index (χ1v) is 6.29. The molecule has 0 bridgehead atoms. The molecule has 1 aliphatic rings. The van der Waals surface area contributed by atoms with Crippen LogP contribution in [-0.4, -0.2) is 12.9 Å². The van der Waals surface area contributed by atoms with E-state index in [1.54, 1.807) is 14.0 Å². The number of ether oxygens (including phenoxy) is 1. The molecule has 1 aromatic carbocycles. The van der Waals surface area contributed by atoms with Crippen molar-refractivity contribution < 1.29 is 9.53 Å². The Hall–Kier alpha value is -0.830. The van der Waals surface area contributed by atoms with Gasteiger partial charge in [0.25, 0.3) is 0 Å². The van der Waals surface area contributed by atoms with Crippen LogP contribution in [0.25, 0.3) is 0 Å². The Balaban J connectivity index is 2.52. The number of Topliss-reactive ketones (excluding diaryl/α,β-unsaturated/α-hetero) is 1. The third-order valence-electron chi connectivity index (χ3n) is 3.01. The minimum atomic E-state index is 0.170. The number of carbonyl (C=O) groups excluding carboxylic acids is 1. The summed E-state index contributed by atoms with van der Waals surface area (Å²) < 4.78 is 6.45. The van der Waals surface area contributed by atoms with E-state index in [1.165, 1.54) is 17.5 Å². The Bertz CT molecular complexity index is 438. The lowest BCUT2D eigenvalue weighted by Gasteiger charge is -2.13. The van der Waals surface area contributed by atoms with Gasteiger partial charge in [0.1, 0.15) is 11.5 Å². The van der Waals surface area contributed by atoms with Crippen molar-refractivity contribution in [1.29, 1.82) is 0 Å². The predicted molar refractivity (Wildman–Crippen MR) is 67.1 cm³/mol. The van der Waals surface area contributed by atoms with Gasteiger partial charge in [-0.1, -0.05) is 6.07 Å². The first-order chi connectivity index (χ1) is 7.63. The lowest BCUT2D eigenvalue weighted by atomic mass is 10.0. The maximum atomic E-state index is 11.2. The average molecular weight is 283 g/mol. The van der Waals surface area contributed by atoms with E-state index in [-0.39, 0.29) is 5.78 Å². The molecule has 3 heteroatoms. The highest BCUT2D eigenvalue weighted by Crippen LogP contribution is 2.39. The molecule has 0 spiro atoms. The van der Waals surface area contributed by atoms with Crippen molar-refractivity contribution >= 4 is 21.7 Å². The van der Waals surface area contributed by atoms with Crippen LogP contribution < -0.4 is 4.74 Å². The molecule has 2 nitrogen and oxygen atoms in total. The number of aryl methyl sites for hydroxylation is 1. The maximum absolute atomic E-state index is 11.2. The standard InChI is InChI=1S/C13H15BrO2/c1-8(15)6-10-7-9-4-3-5-11(9)12(14)13(10)16-2/h7H,3-6H2,1-2H3. The summed E-state index contributed by atoms with van der Waals surface area (Å²) in [4.78, 5) is 11.2. The first-order valence-electron chi connectivity index (χ1n) is 5.50. The smallest absolute Gasteiger partial charge is 0.136 e. The molecule has 86 valence electrons. The van der Waals surface area contributed by atoms with E-state index >= 15 is 0 Å². The molecule has 0 fully saturated rings. The molecule has 0 saturated carbocycles. The van der Waals surface area contributed by atoms with E-state index in [9.17, 15) is 4.79 Å². The summed E-state index contributed by atoms with van der Waals surface area (Å²) in [6, 6.07) is 2.13. The van der Waals surface area contributed by atoms with Gasteiger partial charge in [0, 0.05) is 12.0 Å². The molecular weight excluding hydrogens is 268 g/mol. The molecule has 0 heterocycles. The quantitative estimate of drug-likeness (QED) is 0.852. The molecule has 0 radical (unpaired) electrons. The summed E-state index contributed by atoms with van der Waals surface area (Å²) in [5.74, 6) is 0.999. The van der Waals surface area contributed by atoms with E-state index < -0.39 is 0 Å². The van der Waals surface area contributed by atoms with Crippen molar-refractivity contribution in [2.24, 2.45) is 0 Å². The summed E-state index contributed by atoms with van der Waals surface area (Å²) in [7, 11) is 1.66. The molecule has 2 rings (SSSR count). The summed E-state index contributed by atoms with van der Waals surface area (Å²) in [6.45, 7) is 1.61. The Morgan fingerprint density at radius 1 is 1.50 bits per heavy atom. The minimum absolute atomic E-state index is 0.170. The number of fused-ring (bicyclic) bond motifs is 1. The molecular formula is C13H15BrO2. The summed E-state index contributed by atoms with van der Waals surface area (Å²) in [5.41, 5.74) is 3.72. The predicted octanol–water partition coefficient (Wildman–Crippen LogP) is 3.08. The highest BCUT2D eigenvalue weighted by molar-refractivity contribution is 9.10. The van der Waals surface area contributed by atoms with Gasteiger partial charge in [0.2, 0.25) is 0 Å². The third kappa shape index (κ3) is 2.01. The largest absolute Gasteiger partial charge is 0.495 e. The van der Waals surface area contributed by atoms with Crippen LogP contribution >= 0.6 is 15.9 Å². The van der Waals surface area contributed by atoms with Crippen LogP contribution in [0.3, 0.4) is 0 Å². The van der Waals surface area contributed by atoms with Crippen LogP contribution in [0.15, 0.2) is 10.5 Å². The fraction of sp³-hybridized carbons (Fsp3) is 0.462. The molecule has 0 aromatic heterocycles. The van der Waals surface area contributed by atoms with Gasteiger partial charge in [-0.25, -0.2) is 0 Å². The number of rotatable bonds is 3. The van der Waals surface area contributed by atoms with Gasteiger partial charge >= 0.3 is 0 Å². The van der Waals surface area contributed by atoms with Gasteiger partial charge in [-0.3, -0.25) is 4.79 Å². The summed E-state index contributed by atoms with van der Waals surface area (Å²) in [6.07, 6.45) is 3.87. The molecule has 1 aliphatic carbocycles. The van der Waals surface area contributed by atoms with Crippen LogP contribution in [0.2, 0.25) is 0 Å². The molecule has 0 saturated heterocycles. The van der Waals surface area contributed by atoms with Gasteiger partial charge < -0.3 is 4.74 Å². The van der Waals surface area contributed by atoms with E-state index in [1.807, 2.05) is 0 Å². The summed E-state index contributed by atoms with van der Waals surface area (Å²) >= 11 is 3.60. The lowest BCUT2D eigenvalue weighted by molar-refractivity contribution is -0.116. The number of ketones is 1. The highest BCUT2D eigenvalue weighted by Gasteiger charge is 2.20. The van der Waals surface area contributed by atoms with Crippen molar-refractivity contribution in [2.45, 2.75) is 32.6 Å². The number of hydrogen-bond acceptors (Lipinski definition) is 2. The van der Waals surface area contributed by atoms with Crippen molar-refractivity contribution in [3.05, 3.63) is 27.2 Å². The Kier molecular flexibility index (Phi) is 3.33. The first kappa shape index (κ1) is 11.6. The number of hydrogen-bond donors (Lipinski definition) is 0. The van der Waals surface area contributed by atoms with Crippen molar-refractivity contribution in [2.75, 3.05) is 7.11 Å². The number of benzene rings is 1. The fourth-order valence-corrected chi connectivity index (χ4v) is 3.22. The van der Waals surface area contributed by atoms with Gasteiger partial charge in [0.05, 0.1) is 11.6 Å². The summed E-state index contributed by atoms with van der Waals surface area (Å²) in [5, 5.41) is 0. The van der Waals surface area contributed by atoms with Crippen LogP contribution in [0.5, 0.6) is 5.75 Å². The Morgan fingerprint density at radius 3 is 2.88 bits per heavy atom. The zero-order valence-electron chi connectivity index (χ0n) is 9.60. The second kappa shape index (κ2) is 4.58. The zero-order valence-corrected chi connectivity index (χ0v) is 11.2. The molecule has 1 aromatic rings. The van der Waals surface area contributed by atoms with Crippen LogP contribution in [-0.2, 0) is 24.1 Å². The lowest BCUT2D eigenvalue weighted by Crippen LogP contribution is -2.02. The van der Waals surface area contributed by atoms with Gasteiger partial charge in [-0.2, -0.15) is 0 Å². The molecule has 0 aliphatic heterocycles. The van der Waals surface area contributed by atoms with Gasteiger partial charge in [-0.15, -0.1) is 0 Å². The van der Waals surface area contributed by atoms with Gasteiger partial charge in [-0.05, 0) is 53.2 Å². The Morgan fingerprint density at radius 2 is 2.25 bits per heavy atom. The highest BCUT2D eigenvalue weighted by atomic mass is 79.9. The zero-order chi connectivity index (χ0) is 11.7. The fourth-order valence-electron chi connectivity index (χ4n) is 2.35. The molecule has 16 heavy (non-hydrogen) atoms. The van der Waals surface area contributed by atoms with Gasteiger partial charge in [0.15, 0.2) is 0 Å². The molecule has 0 N–H and O–H groups in total. The average Bonchev–Trinajstić information content (AvgIpc) is 2.65. The minimum Gasteiger partial charge on any atom is -0.495 e. The Labute approximate surface area is 104 Å². The monoisotopic (exact) mass is 282 g/mol. The van der Waals surface area contributed by atoms with E-state index in [2.05, 4.69) is 22.0 Å². The van der Waals surface area contributed by atoms with E-state index in [4.69, 9.17) is 4.74 Å². The number of methoxy groups -OCH3 is 1. The van der Waals surface area contributed by atoms with Crippen molar-refractivity contribution in [3.63, 3.8) is 0 Å².